The molecule has 0 aromatic rings. The summed E-state index contributed by atoms with van der Waals surface area (Å²) in [6, 6.07) is 2.83. The van der Waals surface area contributed by atoms with Crippen LogP contribution in [0.15, 0.2) is 35.1 Å². The zero-order valence-corrected chi connectivity index (χ0v) is 13.8. The van der Waals surface area contributed by atoms with Gasteiger partial charge in [0, 0.05) is 6.04 Å². The first-order valence-corrected chi connectivity index (χ1v) is 8.88. The zero-order chi connectivity index (χ0) is 15.7. The van der Waals surface area contributed by atoms with Gasteiger partial charge in [0.05, 0.1) is 42.8 Å². The van der Waals surface area contributed by atoms with Crippen LogP contribution >= 0.6 is 0 Å². The molecule has 2 aliphatic heterocycles. The minimum Gasteiger partial charge on any atom is -0.367 e. The Hall–Kier alpha value is -1.55. The largest absolute Gasteiger partial charge is 0.367 e. The number of nitrogens with zero attached hydrogens (tertiary/aromatic N) is 2. The van der Waals surface area contributed by atoms with E-state index in [9.17, 15) is 0 Å². The Bertz CT molecular complexity index is 607. The average Bonchev–Trinajstić information content (AvgIpc) is 2.43. The van der Waals surface area contributed by atoms with E-state index in [0.29, 0.717) is 17.5 Å². The lowest BCUT2D eigenvalue weighted by Gasteiger charge is -2.39. The Morgan fingerprint density at radius 1 is 1.55 bits per heavy atom. The molecule has 3 aliphatic rings. The lowest BCUT2D eigenvalue weighted by atomic mass is 9.83. The number of nitriles is 1. The molecule has 0 radical (unpaired) electrons. The Morgan fingerprint density at radius 3 is 2.86 bits per heavy atom. The van der Waals surface area contributed by atoms with Crippen LogP contribution in [0.2, 0.25) is 0 Å². The van der Waals surface area contributed by atoms with Crippen LogP contribution in [0.5, 0.6) is 0 Å². The van der Waals surface area contributed by atoms with Crippen molar-refractivity contribution in [1.82, 2.24) is 14.9 Å². The van der Waals surface area contributed by atoms with Crippen molar-refractivity contribution in [3.05, 3.63) is 35.1 Å². The second-order valence-electron chi connectivity index (χ2n) is 5.88. The molecule has 0 bridgehead atoms. The van der Waals surface area contributed by atoms with Crippen LogP contribution in [-0.4, -0.2) is 47.5 Å². The van der Waals surface area contributed by atoms with Crippen LogP contribution in [0.25, 0.3) is 0 Å². The lowest BCUT2D eigenvalue weighted by Crippen LogP contribution is -2.61. The molecule has 1 saturated heterocycles. The molecule has 0 aromatic heterocycles. The zero-order valence-electron chi connectivity index (χ0n) is 12.9. The van der Waals surface area contributed by atoms with E-state index in [0.717, 1.165) is 25.1 Å². The van der Waals surface area contributed by atoms with Crippen molar-refractivity contribution in [2.24, 2.45) is 0 Å². The summed E-state index contributed by atoms with van der Waals surface area (Å²) in [6.45, 7) is 4.10. The molecule has 0 amide bonds. The van der Waals surface area contributed by atoms with Crippen LogP contribution < -0.4 is 10.6 Å². The summed E-state index contributed by atoms with van der Waals surface area (Å²) in [6.07, 6.45) is 9.05. The highest BCUT2D eigenvalue weighted by molar-refractivity contribution is 7.75. The van der Waals surface area contributed by atoms with E-state index in [1.807, 2.05) is 19.1 Å². The Labute approximate surface area is 135 Å². The normalized spacial score (nSPS) is 30.8. The van der Waals surface area contributed by atoms with Crippen LogP contribution in [0.3, 0.4) is 0 Å². The highest BCUT2D eigenvalue weighted by Crippen LogP contribution is 2.27. The summed E-state index contributed by atoms with van der Waals surface area (Å²) >= 11 is 1.32. The number of hydrogen-bond acceptors (Lipinski definition) is 5. The van der Waals surface area contributed by atoms with Crippen molar-refractivity contribution in [2.75, 3.05) is 19.3 Å². The summed E-state index contributed by atoms with van der Waals surface area (Å²) in [7, 11) is 0. The number of hydrogen-bond donors (Lipinski definition) is 3. The van der Waals surface area contributed by atoms with Crippen molar-refractivity contribution in [3.8, 4) is 6.07 Å². The predicted octanol–water partition coefficient (Wildman–Crippen LogP) is 0.664. The van der Waals surface area contributed by atoms with Gasteiger partial charge < -0.3 is 16.0 Å². The van der Waals surface area contributed by atoms with Gasteiger partial charge >= 0.3 is 0 Å². The fraction of sp³-hybridized carbons (Fsp3) is 0.500. The minimum atomic E-state index is 0.0770. The fourth-order valence-electron chi connectivity index (χ4n) is 3.08. The van der Waals surface area contributed by atoms with Crippen LogP contribution in [-0.2, 0) is 11.9 Å². The van der Waals surface area contributed by atoms with Gasteiger partial charge in [-0.1, -0.05) is 12.2 Å². The molecule has 22 heavy (non-hydrogen) atoms. The van der Waals surface area contributed by atoms with Gasteiger partial charge in [-0.15, -0.1) is 4.31 Å². The van der Waals surface area contributed by atoms with E-state index in [4.69, 9.17) is 10.7 Å². The van der Waals surface area contributed by atoms with Crippen LogP contribution in [0, 0.1) is 16.7 Å². The standard InChI is InChI=1S/C16H21N5S/c1-3-10-4-11(14-6-12(7-17)19-14)5-15(16(10)18)20-13-8-21(9-13)22-2/h3-4,6,13-15,18-20H,5,8-9H2,1-2H3/p+1/b10-3-,18-16?. The molecule has 3 rings (SSSR count). The second-order valence-corrected chi connectivity index (χ2v) is 6.85. The number of rotatable bonds is 4. The first-order chi connectivity index (χ1) is 10.6. The summed E-state index contributed by atoms with van der Waals surface area (Å²) in [5, 5.41) is 24.0. The van der Waals surface area contributed by atoms with Crippen molar-refractivity contribution < 1.29 is 0 Å². The quantitative estimate of drug-likeness (QED) is 0.526. The van der Waals surface area contributed by atoms with Gasteiger partial charge in [0.1, 0.15) is 18.0 Å². The molecule has 6 heteroatoms. The van der Waals surface area contributed by atoms with Crippen LogP contribution in [0.4, 0.5) is 0 Å². The Morgan fingerprint density at radius 2 is 2.27 bits per heavy atom. The van der Waals surface area contributed by atoms with Gasteiger partial charge in [-0.25, -0.2) is 0 Å². The minimum absolute atomic E-state index is 0.0770. The third kappa shape index (κ3) is 2.84. The van der Waals surface area contributed by atoms with E-state index in [-0.39, 0.29) is 12.1 Å². The van der Waals surface area contributed by atoms with Crippen molar-refractivity contribution in [1.29, 1.82) is 10.7 Å². The maximum Gasteiger partial charge on any atom is 0.117 e. The summed E-state index contributed by atoms with van der Waals surface area (Å²) in [4.78, 5) is 0. The highest BCUT2D eigenvalue weighted by atomic mass is 32.2. The number of thiol groups is 1. The predicted molar refractivity (Wildman–Crippen MR) is 91.8 cm³/mol. The first kappa shape index (κ1) is 15.3. The SMILES string of the molecule is C/C=C1/C=C(C2C=C(C#N)N2)CC(NC2CN([SH+]C)C2)C1=N. The molecule has 5 nitrogen and oxygen atoms in total. The van der Waals surface area contributed by atoms with Crippen molar-refractivity contribution in [3.63, 3.8) is 0 Å². The van der Waals surface area contributed by atoms with Crippen LogP contribution in [0.1, 0.15) is 13.3 Å². The second kappa shape index (κ2) is 6.29. The van der Waals surface area contributed by atoms with Gasteiger partial charge in [0.2, 0.25) is 0 Å². The molecule has 3 N–H and O–H groups in total. The molecule has 2 unspecified atom stereocenters. The topological polar surface area (TPSA) is 74.9 Å². The van der Waals surface area contributed by atoms with Gasteiger partial charge in [-0.05, 0) is 30.6 Å². The molecule has 2 atom stereocenters. The summed E-state index contributed by atoms with van der Waals surface area (Å²) in [5.74, 6) is 0. The van der Waals surface area contributed by atoms with E-state index in [2.05, 4.69) is 33.3 Å². The highest BCUT2D eigenvalue weighted by Gasteiger charge is 2.36. The molecule has 0 aromatic carbocycles. The van der Waals surface area contributed by atoms with Gasteiger partial charge in [0.25, 0.3) is 0 Å². The lowest BCUT2D eigenvalue weighted by molar-refractivity contribution is 0.238. The third-order valence-corrected chi connectivity index (χ3v) is 5.39. The van der Waals surface area contributed by atoms with E-state index < -0.39 is 0 Å². The smallest absolute Gasteiger partial charge is 0.117 e. The molecule has 1 fully saturated rings. The van der Waals surface area contributed by atoms with Crippen molar-refractivity contribution in [2.45, 2.75) is 31.5 Å². The molecule has 1 aliphatic carbocycles. The molecule has 116 valence electrons. The van der Waals surface area contributed by atoms with Gasteiger partial charge in [-0.2, -0.15) is 5.26 Å². The molecular weight excluding hydrogens is 294 g/mol. The maximum atomic E-state index is 8.84. The Balaban J connectivity index is 1.68. The number of allylic oxidation sites excluding steroid dienone is 3. The van der Waals surface area contributed by atoms with E-state index >= 15 is 0 Å². The van der Waals surface area contributed by atoms with E-state index in [1.54, 1.807) is 0 Å². The average molecular weight is 316 g/mol. The number of nitrogens with one attached hydrogen (secondary N) is 3. The first-order valence-electron chi connectivity index (χ1n) is 7.59. The molecular formula is C16H22N5S+. The molecule has 0 spiro atoms. The Kier molecular flexibility index (Phi) is 4.39. The maximum absolute atomic E-state index is 8.84. The summed E-state index contributed by atoms with van der Waals surface area (Å²) < 4.78 is 2.37. The monoisotopic (exact) mass is 316 g/mol. The third-order valence-electron chi connectivity index (χ3n) is 4.50. The fourth-order valence-corrected chi connectivity index (χ4v) is 3.80. The molecule has 0 saturated carbocycles. The van der Waals surface area contributed by atoms with E-state index in [1.165, 1.54) is 17.5 Å². The van der Waals surface area contributed by atoms with Gasteiger partial charge in [0.15, 0.2) is 0 Å². The summed E-state index contributed by atoms with van der Waals surface area (Å²) in [5.41, 5.74) is 3.58. The van der Waals surface area contributed by atoms with Crippen molar-refractivity contribution >= 4 is 17.7 Å². The van der Waals surface area contributed by atoms with Gasteiger partial charge in [-0.3, -0.25) is 0 Å². The molecule has 2 heterocycles.